The van der Waals surface area contributed by atoms with E-state index in [-0.39, 0.29) is 12.2 Å². The van der Waals surface area contributed by atoms with Crippen LogP contribution in [0.4, 0.5) is 0 Å². The zero-order valence-corrected chi connectivity index (χ0v) is 10.7. The van der Waals surface area contributed by atoms with Crippen molar-refractivity contribution >= 4 is 11.3 Å². The highest BCUT2D eigenvalue weighted by atomic mass is 32.1. The molecular formula is C13H12N2O2S. The van der Waals surface area contributed by atoms with Crippen molar-refractivity contribution in [2.75, 3.05) is 6.61 Å². The lowest BCUT2D eigenvalue weighted by molar-refractivity contribution is 0.350. The van der Waals surface area contributed by atoms with Gasteiger partial charge in [0.15, 0.2) is 0 Å². The van der Waals surface area contributed by atoms with Crippen LogP contribution in [-0.2, 0) is 6.54 Å². The number of aromatic nitrogens is 2. The third-order valence-electron chi connectivity index (χ3n) is 2.38. The third kappa shape index (κ3) is 2.86. The van der Waals surface area contributed by atoms with Crippen LogP contribution in [0.3, 0.4) is 0 Å². The summed E-state index contributed by atoms with van der Waals surface area (Å²) in [6.45, 7) is 2.08. The Balaban J connectivity index is 2.29. The second-order valence-corrected chi connectivity index (χ2v) is 4.71. The first kappa shape index (κ1) is 12.6. The number of rotatable bonds is 2. The molecule has 0 spiro atoms. The predicted molar refractivity (Wildman–Crippen MR) is 70.6 cm³/mol. The van der Waals surface area contributed by atoms with Crippen LogP contribution in [0.2, 0.25) is 0 Å². The summed E-state index contributed by atoms with van der Waals surface area (Å²) in [4.78, 5) is 16.8. The lowest BCUT2D eigenvalue weighted by Crippen LogP contribution is -2.20. The molecule has 0 amide bonds. The summed E-state index contributed by atoms with van der Waals surface area (Å²) in [5, 5.41) is 10.6. The van der Waals surface area contributed by atoms with Gasteiger partial charge in [0.05, 0.1) is 12.9 Å². The predicted octanol–water partition coefficient (Wildman–Crippen LogP) is 1.01. The van der Waals surface area contributed by atoms with E-state index >= 15 is 0 Å². The van der Waals surface area contributed by atoms with Crippen LogP contribution in [0.15, 0.2) is 28.6 Å². The molecule has 5 heteroatoms. The maximum atomic E-state index is 11.7. The van der Waals surface area contributed by atoms with Crippen LogP contribution in [0.1, 0.15) is 16.1 Å². The van der Waals surface area contributed by atoms with Gasteiger partial charge < -0.3 is 5.11 Å². The molecule has 0 saturated carbocycles. The van der Waals surface area contributed by atoms with E-state index in [9.17, 15) is 4.79 Å². The second kappa shape index (κ2) is 5.63. The van der Waals surface area contributed by atoms with E-state index in [2.05, 4.69) is 16.8 Å². The molecule has 2 aromatic heterocycles. The minimum atomic E-state index is -0.165. The van der Waals surface area contributed by atoms with E-state index in [1.807, 2.05) is 11.4 Å². The Morgan fingerprint density at radius 2 is 2.39 bits per heavy atom. The molecule has 0 unspecified atom stereocenters. The first-order valence-electron chi connectivity index (χ1n) is 5.40. The molecule has 0 saturated heterocycles. The van der Waals surface area contributed by atoms with Gasteiger partial charge in [-0.1, -0.05) is 11.8 Å². The molecule has 1 N–H and O–H groups in total. The number of hydrogen-bond donors (Lipinski definition) is 1. The van der Waals surface area contributed by atoms with E-state index in [0.29, 0.717) is 12.2 Å². The fourth-order valence-corrected chi connectivity index (χ4v) is 2.33. The standard InChI is InChI=1S/C13H12N2O2S/c1-10-7-13(17)15(9-14-10)8-12-11(3-2-5-16)4-6-18-12/h4,6-7,9,16H,5,8H2,1H3. The van der Waals surface area contributed by atoms with Crippen molar-refractivity contribution in [1.82, 2.24) is 9.55 Å². The van der Waals surface area contributed by atoms with Crippen molar-refractivity contribution in [2.24, 2.45) is 0 Å². The monoisotopic (exact) mass is 260 g/mol. The summed E-state index contributed by atoms with van der Waals surface area (Å²) in [6, 6.07) is 3.39. The summed E-state index contributed by atoms with van der Waals surface area (Å²) in [6.07, 6.45) is 1.54. The van der Waals surface area contributed by atoms with Crippen LogP contribution < -0.4 is 5.56 Å². The van der Waals surface area contributed by atoms with E-state index < -0.39 is 0 Å². The Hall–Kier alpha value is -1.90. The van der Waals surface area contributed by atoms with Gasteiger partial charge in [-0.2, -0.15) is 0 Å². The quantitative estimate of drug-likeness (QED) is 0.820. The summed E-state index contributed by atoms with van der Waals surface area (Å²) in [5.41, 5.74) is 1.49. The van der Waals surface area contributed by atoms with Crippen LogP contribution in [0.5, 0.6) is 0 Å². The smallest absolute Gasteiger partial charge is 0.253 e. The Morgan fingerprint density at radius 3 is 3.11 bits per heavy atom. The van der Waals surface area contributed by atoms with Crippen molar-refractivity contribution < 1.29 is 5.11 Å². The van der Waals surface area contributed by atoms with Crippen molar-refractivity contribution in [3.8, 4) is 11.8 Å². The zero-order valence-electron chi connectivity index (χ0n) is 9.88. The number of hydrogen-bond acceptors (Lipinski definition) is 4. The van der Waals surface area contributed by atoms with Gasteiger partial charge in [0, 0.05) is 22.2 Å². The molecule has 0 aliphatic carbocycles. The summed E-state index contributed by atoms with van der Waals surface area (Å²) in [7, 11) is 0. The van der Waals surface area contributed by atoms with E-state index in [4.69, 9.17) is 5.11 Å². The van der Waals surface area contributed by atoms with E-state index in [1.165, 1.54) is 17.4 Å². The maximum Gasteiger partial charge on any atom is 0.253 e. The number of nitrogens with zero attached hydrogens (tertiary/aromatic N) is 2. The molecule has 4 nitrogen and oxygen atoms in total. The van der Waals surface area contributed by atoms with Crippen molar-refractivity contribution in [3.63, 3.8) is 0 Å². The highest BCUT2D eigenvalue weighted by Gasteiger charge is 2.04. The molecule has 2 heterocycles. The van der Waals surface area contributed by atoms with Gasteiger partial charge in [0.25, 0.3) is 5.56 Å². The fourth-order valence-electron chi connectivity index (χ4n) is 1.50. The SMILES string of the molecule is Cc1cc(=O)n(Cc2sccc2C#CCO)cn1. The minimum absolute atomic E-state index is 0.0723. The second-order valence-electron chi connectivity index (χ2n) is 3.71. The van der Waals surface area contributed by atoms with E-state index in [0.717, 1.165) is 10.4 Å². The Morgan fingerprint density at radius 1 is 1.56 bits per heavy atom. The normalized spacial score (nSPS) is 9.89. The molecule has 2 rings (SSSR count). The molecule has 0 aliphatic heterocycles. The van der Waals surface area contributed by atoms with Crippen molar-refractivity contribution in [1.29, 1.82) is 0 Å². The zero-order chi connectivity index (χ0) is 13.0. The highest BCUT2D eigenvalue weighted by molar-refractivity contribution is 7.10. The first-order valence-corrected chi connectivity index (χ1v) is 6.28. The molecule has 0 aliphatic rings. The molecule has 0 bridgehead atoms. The van der Waals surface area contributed by atoms with Gasteiger partial charge in [-0.3, -0.25) is 9.36 Å². The number of aliphatic hydroxyl groups excluding tert-OH is 1. The lowest BCUT2D eigenvalue weighted by atomic mass is 10.2. The Kier molecular flexibility index (Phi) is 3.92. The lowest BCUT2D eigenvalue weighted by Gasteiger charge is -2.03. The number of aryl methyl sites for hydroxylation is 1. The van der Waals surface area contributed by atoms with Crippen molar-refractivity contribution in [2.45, 2.75) is 13.5 Å². The minimum Gasteiger partial charge on any atom is -0.384 e. The summed E-state index contributed by atoms with van der Waals surface area (Å²) >= 11 is 1.54. The van der Waals surface area contributed by atoms with Gasteiger partial charge in [0.1, 0.15) is 6.61 Å². The largest absolute Gasteiger partial charge is 0.384 e. The Labute approximate surface area is 109 Å². The Bertz CT molecular complexity index is 661. The fraction of sp³-hybridized carbons (Fsp3) is 0.231. The van der Waals surface area contributed by atoms with Crippen LogP contribution >= 0.6 is 11.3 Å². The molecular weight excluding hydrogens is 248 g/mol. The number of aliphatic hydroxyl groups is 1. The van der Waals surface area contributed by atoms with Crippen molar-refractivity contribution in [3.05, 3.63) is 50.3 Å². The van der Waals surface area contributed by atoms with Crippen LogP contribution in [-0.4, -0.2) is 21.3 Å². The number of thiophene rings is 1. The van der Waals surface area contributed by atoms with Gasteiger partial charge in [0.2, 0.25) is 0 Å². The summed E-state index contributed by atoms with van der Waals surface area (Å²) in [5.74, 6) is 5.48. The van der Waals surface area contributed by atoms with Gasteiger partial charge in [-0.25, -0.2) is 4.98 Å². The maximum absolute atomic E-state index is 11.7. The molecule has 0 fully saturated rings. The van der Waals surface area contributed by atoms with Gasteiger partial charge in [-0.15, -0.1) is 11.3 Å². The molecule has 92 valence electrons. The molecule has 0 aromatic carbocycles. The summed E-state index contributed by atoms with van der Waals surface area (Å²) < 4.78 is 1.54. The molecule has 0 atom stereocenters. The average molecular weight is 260 g/mol. The van der Waals surface area contributed by atoms with Gasteiger partial charge in [-0.05, 0) is 18.4 Å². The molecule has 0 radical (unpaired) electrons. The molecule has 2 aromatic rings. The first-order chi connectivity index (χ1) is 8.70. The topological polar surface area (TPSA) is 55.1 Å². The third-order valence-corrected chi connectivity index (χ3v) is 3.28. The van der Waals surface area contributed by atoms with Crippen LogP contribution in [0, 0.1) is 18.8 Å². The average Bonchev–Trinajstić information content (AvgIpc) is 2.77. The highest BCUT2D eigenvalue weighted by Crippen LogP contribution is 2.16. The van der Waals surface area contributed by atoms with Gasteiger partial charge >= 0.3 is 0 Å². The molecule has 18 heavy (non-hydrogen) atoms. The van der Waals surface area contributed by atoms with E-state index in [1.54, 1.807) is 17.8 Å². The van der Waals surface area contributed by atoms with Crippen LogP contribution in [0.25, 0.3) is 0 Å².